The van der Waals surface area contributed by atoms with E-state index in [1.165, 1.54) is 4.88 Å². The average molecular weight is 400 g/mol. The van der Waals surface area contributed by atoms with Crippen LogP contribution in [0.1, 0.15) is 46.6 Å². The highest BCUT2D eigenvalue weighted by atomic mass is 32.1. The number of fused-ring (bicyclic) bond motifs is 1. The zero-order chi connectivity index (χ0) is 19.4. The SMILES string of the molecule is CCOc1ccc(C(=O)NC(=S)Nc2sc3c(c2C#N)CC[C@@H](C)C3)cc1. The summed E-state index contributed by atoms with van der Waals surface area (Å²) in [5.41, 5.74) is 2.27. The molecule has 1 aromatic carbocycles. The van der Waals surface area contributed by atoms with Crippen LogP contribution in [0.5, 0.6) is 5.75 Å². The minimum atomic E-state index is -0.302. The molecule has 2 N–H and O–H groups in total. The van der Waals surface area contributed by atoms with Gasteiger partial charge in [-0.15, -0.1) is 11.3 Å². The van der Waals surface area contributed by atoms with Crippen LogP contribution in [0.3, 0.4) is 0 Å². The van der Waals surface area contributed by atoms with Crippen molar-refractivity contribution in [1.29, 1.82) is 5.26 Å². The molecule has 140 valence electrons. The Morgan fingerprint density at radius 1 is 1.41 bits per heavy atom. The Morgan fingerprint density at radius 3 is 2.81 bits per heavy atom. The van der Waals surface area contributed by atoms with E-state index in [1.54, 1.807) is 35.6 Å². The van der Waals surface area contributed by atoms with E-state index in [0.29, 0.717) is 34.4 Å². The van der Waals surface area contributed by atoms with Crippen molar-refractivity contribution in [3.63, 3.8) is 0 Å². The number of anilines is 1. The standard InChI is InChI=1S/C20H21N3O2S2/c1-3-25-14-7-5-13(6-8-14)18(24)22-20(26)23-19-16(11-21)15-9-4-12(2)10-17(15)27-19/h5-8,12H,3-4,9-10H2,1-2H3,(H2,22,23,24,26)/t12-/m1/s1. The third-order valence-corrected chi connectivity index (χ3v) is 5.88. The molecule has 7 heteroatoms. The zero-order valence-corrected chi connectivity index (χ0v) is 16.9. The maximum absolute atomic E-state index is 12.4. The van der Waals surface area contributed by atoms with Crippen molar-refractivity contribution in [2.75, 3.05) is 11.9 Å². The number of hydrogen-bond donors (Lipinski definition) is 2. The van der Waals surface area contributed by atoms with Crippen LogP contribution in [-0.2, 0) is 12.8 Å². The molecule has 0 radical (unpaired) electrons. The maximum Gasteiger partial charge on any atom is 0.257 e. The number of nitriles is 1. The lowest BCUT2D eigenvalue weighted by Crippen LogP contribution is -2.34. The second-order valence-electron chi connectivity index (χ2n) is 6.53. The normalized spacial score (nSPS) is 15.4. The predicted molar refractivity (Wildman–Crippen MR) is 112 cm³/mol. The van der Waals surface area contributed by atoms with E-state index in [0.717, 1.165) is 24.8 Å². The smallest absolute Gasteiger partial charge is 0.257 e. The lowest BCUT2D eigenvalue weighted by atomic mass is 9.89. The molecule has 1 aliphatic carbocycles. The van der Waals surface area contributed by atoms with E-state index >= 15 is 0 Å². The van der Waals surface area contributed by atoms with Crippen LogP contribution in [0.25, 0.3) is 0 Å². The van der Waals surface area contributed by atoms with Crippen molar-refractivity contribution in [2.24, 2.45) is 5.92 Å². The molecule has 0 saturated heterocycles. The Morgan fingerprint density at radius 2 is 2.15 bits per heavy atom. The van der Waals surface area contributed by atoms with E-state index in [1.807, 2.05) is 6.92 Å². The minimum Gasteiger partial charge on any atom is -0.494 e. The lowest BCUT2D eigenvalue weighted by molar-refractivity contribution is 0.0977. The molecule has 0 spiro atoms. The van der Waals surface area contributed by atoms with Gasteiger partial charge in [0, 0.05) is 10.4 Å². The fraction of sp³-hybridized carbons (Fsp3) is 0.350. The van der Waals surface area contributed by atoms with Gasteiger partial charge >= 0.3 is 0 Å². The third-order valence-electron chi connectivity index (χ3n) is 4.51. The van der Waals surface area contributed by atoms with E-state index in [4.69, 9.17) is 17.0 Å². The van der Waals surface area contributed by atoms with Gasteiger partial charge in [-0.3, -0.25) is 10.1 Å². The number of carbonyl (C=O) groups is 1. The molecule has 1 amide bonds. The summed E-state index contributed by atoms with van der Waals surface area (Å²) in [4.78, 5) is 13.6. The summed E-state index contributed by atoms with van der Waals surface area (Å²) in [6, 6.07) is 9.16. The minimum absolute atomic E-state index is 0.192. The van der Waals surface area contributed by atoms with Crippen LogP contribution in [-0.4, -0.2) is 17.6 Å². The summed E-state index contributed by atoms with van der Waals surface area (Å²) in [6.45, 7) is 4.71. The van der Waals surface area contributed by atoms with Gasteiger partial charge in [0.25, 0.3) is 5.91 Å². The second-order valence-corrected chi connectivity index (χ2v) is 8.05. The largest absolute Gasteiger partial charge is 0.494 e. The van der Waals surface area contributed by atoms with Crippen molar-refractivity contribution in [3.05, 3.63) is 45.8 Å². The molecule has 0 aliphatic heterocycles. The first-order chi connectivity index (χ1) is 13.0. The van der Waals surface area contributed by atoms with Crippen LogP contribution in [0.2, 0.25) is 0 Å². The number of rotatable bonds is 4. The van der Waals surface area contributed by atoms with Crippen LogP contribution < -0.4 is 15.4 Å². The molecular weight excluding hydrogens is 378 g/mol. The van der Waals surface area contributed by atoms with Crippen LogP contribution in [0, 0.1) is 17.2 Å². The number of ether oxygens (including phenoxy) is 1. The van der Waals surface area contributed by atoms with Crippen molar-refractivity contribution >= 4 is 39.6 Å². The van der Waals surface area contributed by atoms with E-state index in [2.05, 4.69) is 23.6 Å². The maximum atomic E-state index is 12.4. The first-order valence-corrected chi connectivity index (χ1v) is 10.1. The quantitative estimate of drug-likeness (QED) is 0.751. The summed E-state index contributed by atoms with van der Waals surface area (Å²) in [7, 11) is 0. The van der Waals surface area contributed by atoms with Crippen molar-refractivity contribution in [1.82, 2.24) is 5.32 Å². The molecule has 5 nitrogen and oxygen atoms in total. The van der Waals surface area contributed by atoms with Crippen LogP contribution in [0.4, 0.5) is 5.00 Å². The zero-order valence-electron chi connectivity index (χ0n) is 15.3. The molecule has 0 saturated carbocycles. The number of nitrogens with one attached hydrogen (secondary N) is 2. The monoisotopic (exact) mass is 399 g/mol. The Balaban J connectivity index is 1.67. The van der Waals surface area contributed by atoms with E-state index < -0.39 is 0 Å². The van der Waals surface area contributed by atoms with Crippen molar-refractivity contribution in [2.45, 2.75) is 33.1 Å². The molecule has 2 aromatic rings. The van der Waals surface area contributed by atoms with Gasteiger partial charge in [-0.05, 0) is 74.2 Å². The number of benzene rings is 1. The van der Waals surface area contributed by atoms with E-state index in [-0.39, 0.29) is 11.0 Å². The molecule has 27 heavy (non-hydrogen) atoms. The molecule has 3 rings (SSSR count). The molecule has 1 atom stereocenters. The molecule has 0 unspecified atom stereocenters. The number of hydrogen-bond acceptors (Lipinski definition) is 5. The number of thiophene rings is 1. The first kappa shape index (κ1) is 19.3. The fourth-order valence-corrected chi connectivity index (χ4v) is 4.76. The van der Waals surface area contributed by atoms with Gasteiger partial charge < -0.3 is 10.1 Å². The lowest BCUT2D eigenvalue weighted by Gasteiger charge is -2.17. The Kier molecular flexibility index (Phi) is 6.09. The second kappa shape index (κ2) is 8.51. The van der Waals surface area contributed by atoms with Gasteiger partial charge in [-0.1, -0.05) is 6.92 Å². The van der Waals surface area contributed by atoms with Gasteiger partial charge in [-0.25, -0.2) is 0 Å². The van der Waals surface area contributed by atoms with Crippen LogP contribution >= 0.6 is 23.6 Å². The molecular formula is C20H21N3O2S2. The highest BCUT2D eigenvalue weighted by Gasteiger charge is 2.24. The van der Waals surface area contributed by atoms with Gasteiger partial charge in [0.05, 0.1) is 12.2 Å². The molecule has 0 fully saturated rings. The van der Waals surface area contributed by atoms with Crippen LogP contribution in [0.15, 0.2) is 24.3 Å². The topological polar surface area (TPSA) is 74.2 Å². The fourth-order valence-electron chi connectivity index (χ4n) is 3.14. The summed E-state index contributed by atoms with van der Waals surface area (Å²) < 4.78 is 5.37. The number of amides is 1. The predicted octanol–water partition coefficient (Wildman–Crippen LogP) is 4.27. The van der Waals surface area contributed by atoms with Gasteiger partial charge in [0.1, 0.15) is 16.8 Å². The Hall–Kier alpha value is -2.43. The highest BCUT2D eigenvalue weighted by molar-refractivity contribution is 7.80. The summed E-state index contributed by atoms with van der Waals surface area (Å²) in [5, 5.41) is 16.2. The molecule has 1 aromatic heterocycles. The third kappa shape index (κ3) is 4.46. The summed E-state index contributed by atoms with van der Waals surface area (Å²) in [5.74, 6) is 1.04. The van der Waals surface area contributed by atoms with Gasteiger partial charge in [0.2, 0.25) is 0 Å². The molecule has 1 heterocycles. The average Bonchev–Trinajstić information content (AvgIpc) is 2.98. The highest BCUT2D eigenvalue weighted by Crippen LogP contribution is 2.39. The molecule has 1 aliphatic rings. The van der Waals surface area contributed by atoms with Crippen molar-refractivity contribution < 1.29 is 9.53 Å². The van der Waals surface area contributed by atoms with Gasteiger partial charge in [0.15, 0.2) is 5.11 Å². The van der Waals surface area contributed by atoms with E-state index in [9.17, 15) is 10.1 Å². The Bertz CT molecular complexity index is 897. The molecule has 0 bridgehead atoms. The number of nitrogens with zero attached hydrogens (tertiary/aromatic N) is 1. The summed E-state index contributed by atoms with van der Waals surface area (Å²) in [6.07, 6.45) is 3.00. The number of thiocarbonyl (C=S) groups is 1. The van der Waals surface area contributed by atoms with Gasteiger partial charge in [-0.2, -0.15) is 5.26 Å². The Labute approximate surface area is 168 Å². The van der Waals surface area contributed by atoms with Crippen molar-refractivity contribution in [3.8, 4) is 11.8 Å². The summed E-state index contributed by atoms with van der Waals surface area (Å²) >= 11 is 6.84. The number of carbonyl (C=O) groups excluding carboxylic acids is 1. The first-order valence-electron chi connectivity index (χ1n) is 8.91.